The molecule has 3 unspecified atom stereocenters. The van der Waals surface area contributed by atoms with Crippen LogP contribution in [0.4, 0.5) is 0 Å². The molecule has 1 heterocycles. The number of hydrogen-bond donors (Lipinski definition) is 1. The lowest BCUT2D eigenvalue weighted by Crippen LogP contribution is -2.36. The molecular formula is C12H23NO4. The van der Waals surface area contributed by atoms with E-state index in [0.29, 0.717) is 6.54 Å². The Morgan fingerprint density at radius 3 is 2.47 bits per heavy atom. The number of carbonyl (C=O) groups excluding carboxylic acids is 1. The standard InChI is InChI=1S/C12H23NO4/c1-8-4-10(5-9(2)16-8)17-12(14)6-11(7-13)15-3/h8-11H,4-7,13H2,1-3H3. The van der Waals surface area contributed by atoms with Gasteiger partial charge in [0, 0.05) is 26.5 Å². The smallest absolute Gasteiger partial charge is 0.308 e. The van der Waals surface area contributed by atoms with E-state index in [1.165, 1.54) is 0 Å². The van der Waals surface area contributed by atoms with E-state index < -0.39 is 0 Å². The lowest BCUT2D eigenvalue weighted by molar-refractivity contribution is -0.162. The van der Waals surface area contributed by atoms with Crippen LogP contribution in [0.5, 0.6) is 0 Å². The van der Waals surface area contributed by atoms with Crippen molar-refractivity contribution in [3.8, 4) is 0 Å². The van der Waals surface area contributed by atoms with Gasteiger partial charge in [-0.15, -0.1) is 0 Å². The molecule has 1 saturated heterocycles. The third-order valence-electron chi connectivity index (χ3n) is 2.94. The monoisotopic (exact) mass is 245 g/mol. The quantitative estimate of drug-likeness (QED) is 0.727. The van der Waals surface area contributed by atoms with Gasteiger partial charge in [-0.3, -0.25) is 4.79 Å². The van der Waals surface area contributed by atoms with Crippen LogP contribution in [-0.4, -0.2) is 44.0 Å². The molecule has 0 saturated carbocycles. The molecule has 0 spiro atoms. The zero-order valence-corrected chi connectivity index (χ0v) is 10.8. The summed E-state index contributed by atoms with van der Waals surface area (Å²) in [7, 11) is 1.55. The van der Waals surface area contributed by atoms with Crippen molar-refractivity contribution >= 4 is 5.97 Å². The van der Waals surface area contributed by atoms with Crippen molar-refractivity contribution in [3.05, 3.63) is 0 Å². The lowest BCUT2D eigenvalue weighted by atomic mass is 10.0. The molecule has 0 aromatic rings. The summed E-state index contributed by atoms with van der Waals surface area (Å²) in [6.45, 7) is 4.31. The highest BCUT2D eigenvalue weighted by Crippen LogP contribution is 2.22. The first kappa shape index (κ1) is 14.4. The maximum Gasteiger partial charge on any atom is 0.308 e. The highest BCUT2D eigenvalue weighted by molar-refractivity contribution is 5.70. The van der Waals surface area contributed by atoms with Crippen molar-refractivity contribution in [2.75, 3.05) is 13.7 Å². The number of hydrogen-bond acceptors (Lipinski definition) is 5. The number of methoxy groups -OCH3 is 1. The van der Waals surface area contributed by atoms with Crippen molar-refractivity contribution in [2.24, 2.45) is 5.73 Å². The fourth-order valence-electron chi connectivity index (χ4n) is 2.12. The van der Waals surface area contributed by atoms with Crippen molar-refractivity contribution in [2.45, 2.75) is 57.5 Å². The molecular weight excluding hydrogens is 222 g/mol. The molecule has 1 fully saturated rings. The number of esters is 1. The van der Waals surface area contributed by atoms with Crippen LogP contribution in [0, 0.1) is 0 Å². The van der Waals surface area contributed by atoms with Gasteiger partial charge in [-0.1, -0.05) is 0 Å². The lowest BCUT2D eigenvalue weighted by Gasteiger charge is -2.31. The van der Waals surface area contributed by atoms with Crippen LogP contribution in [-0.2, 0) is 19.0 Å². The van der Waals surface area contributed by atoms with Crippen LogP contribution in [0.1, 0.15) is 33.1 Å². The summed E-state index contributed by atoms with van der Waals surface area (Å²) in [6, 6.07) is 0. The van der Waals surface area contributed by atoms with Crippen LogP contribution in [0.15, 0.2) is 0 Å². The number of rotatable bonds is 5. The highest BCUT2D eigenvalue weighted by atomic mass is 16.6. The normalized spacial score (nSPS) is 30.9. The third-order valence-corrected chi connectivity index (χ3v) is 2.94. The van der Waals surface area contributed by atoms with Gasteiger partial charge in [0.25, 0.3) is 0 Å². The summed E-state index contributed by atoms with van der Waals surface area (Å²) in [4.78, 5) is 11.7. The molecule has 0 aliphatic carbocycles. The predicted octanol–water partition coefficient (Wildman–Crippen LogP) is 0.849. The molecule has 5 nitrogen and oxygen atoms in total. The van der Waals surface area contributed by atoms with Crippen molar-refractivity contribution in [3.63, 3.8) is 0 Å². The van der Waals surface area contributed by atoms with Gasteiger partial charge in [0.1, 0.15) is 6.10 Å². The Hall–Kier alpha value is -0.650. The molecule has 1 aliphatic rings. The average Bonchev–Trinajstić information content (AvgIpc) is 2.24. The minimum Gasteiger partial charge on any atom is -0.462 e. The molecule has 0 aromatic heterocycles. The Labute approximate surface area is 103 Å². The molecule has 0 radical (unpaired) electrons. The van der Waals surface area contributed by atoms with Crippen LogP contribution >= 0.6 is 0 Å². The average molecular weight is 245 g/mol. The van der Waals surface area contributed by atoms with Gasteiger partial charge >= 0.3 is 5.97 Å². The first-order chi connectivity index (χ1) is 8.05. The molecule has 2 N–H and O–H groups in total. The predicted molar refractivity (Wildman–Crippen MR) is 63.6 cm³/mol. The Kier molecular flexibility index (Phi) is 5.88. The van der Waals surface area contributed by atoms with Gasteiger partial charge in [-0.2, -0.15) is 0 Å². The van der Waals surface area contributed by atoms with Crippen molar-refractivity contribution in [1.29, 1.82) is 0 Å². The zero-order chi connectivity index (χ0) is 12.8. The number of nitrogens with two attached hydrogens (primary N) is 1. The van der Waals surface area contributed by atoms with Gasteiger partial charge < -0.3 is 19.9 Å². The number of ether oxygens (including phenoxy) is 3. The van der Waals surface area contributed by atoms with Crippen LogP contribution in [0.2, 0.25) is 0 Å². The van der Waals surface area contributed by atoms with E-state index in [-0.39, 0.29) is 36.8 Å². The van der Waals surface area contributed by atoms with Gasteiger partial charge in [0.15, 0.2) is 0 Å². The Balaban J connectivity index is 2.34. The SMILES string of the molecule is COC(CN)CC(=O)OC1CC(C)OC(C)C1. The molecule has 3 atom stereocenters. The van der Waals surface area contributed by atoms with Crippen molar-refractivity contribution < 1.29 is 19.0 Å². The topological polar surface area (TPSA) is 70.8 Å². The van der Waals surface area contributed by atoms with Gasteiger partial charge in [0.05, 0.1) is 24.7 Å². The first-order valence-electron chi connectivity index (χ1n) is 6.13. The fraction of sp³-hybridized carbons (Fsp3) is 0.917. The van der Waals surface area contributed by atoms with E-state index in [2.05, 4.69) is 0 Å². The minimum atomic E-state index is -0.253. The second-order valence-electron chi connectivity index (χ2n) is 4.64. The molecule has 100 valence electrons. The number of carbonyl (C=O) groups is 1. The maximum absolute atomic E-state index is 11.7. The van der Waals surface area contributed by atoms with E-state index in [4.69, 9.17) is 19.9 Å². The minimum absolute atomic E-state index is 0.0449. The van der Waals surface area contributed by atoms with E-state index in [9.17, 15) is 4.79 Å². The second-order valence-corrected chi connectivity index (χ2v) is 4.64. The van der Waals surface area contributed by atoms with Crippen LogP contribution < -0.4 is 5.73 Å². The Morgan fingerprint density at radius 1 is 1.41 bits per heavy atom. The molecule has 1 rings (SSSR count). The van der Waals surface area contributed by atoms with E-state index >= 15 is 0 Å². The molecule has 5 heteroatoms. The molecule has 0 amide bonds. The first-order valence-corrected chi connectivity index (χ1v) is 6.13. The van der Waals surface area contributed by atoms with Crippen LogP contribution in [0.3, 0.4) is 0 Å². The molecule has 17 heavy (non-hydrogen) atoms. The summed E-state index contributed by atoms with van der Waals surface area (Å²) in [5.74, 6) is -0.242. The van der Waals surface area contributed by atoms with Gasteiger partial charge in [0.2, 0.25) is 0 Å². The Bertz CT molecular complexity index is 233. The summed E-state index contributed by atoms with van der Waals surface area (Å²) < 4.78 is 16.0. The summed E-state index contributed by atoms with van der Waals surface area (Å²) in [6.07, 6.45) is 1.72. The second kappa shape index (κ2) is 6.93. The third kappa shape index (κ3) is 5.02. The van der Waals surface area contributed by atoms with Gasteiger partial charge in [-0.05, 0) is 13.8 Å². The Morgan fingerprint density at radius 2 is 2.00 bits per heavy atom. The summed E-state index contributed by atoms with van der Waals surface area (Å²) in [5, 5.41) is 0. The molecule has 1 aliphatic heterocycles. The van der Waals surface area contributed by atoms with Gasteiger partial charge in [-0.25, -0.2) is 0 Å². The van der Waals surface area contributed by atoms with Crippen molar-refractivity contribution in [1.82, 2.24) is 0 Å². The van der Waals surface area contributed by atoms with Crippen LogP contribution in [0.25, 0.3) is 0 Å². The highest BCUT2D eigenvalue weighted by Gasteiger charge is 2.27. The van der Waals surface area contributed by atoms with E-state index in [1.807, 2.05) is 13.8 Å². The maximum atomic E-state index is 11.7. The summed E-state index contributed by atoms with van der Waals surface area (Å²) in [5.41, 5.74) is 5.46. The van der Waals surface area contributed by atoms with E-state index in [0.717, 1.165) is 12.8 Å². The zero-order valence-electron chi connectivity index (χ0n) is 10.8. The largest absolute Gasteiger partial charge is 0.462 e. The summed E-state index contributed by atoms with van der Waals surface area (Å²) >= 11 is 0. The molecule has 0 bridgehead atoms. The van der Waals surface area contributed by atoms with E-state index in [1.54, 1.807) is 7.11 Å². The fourth-order valence-corrected chi connectivity index (χ4v) is 2.12. The molecule has 0 aromatic carbocycles.